The lowest BCUT2D eigenvalue weighted by molar-refractivity contribution is 0.173. The fourth-order valence-corrected chi connectivity index (χ4v) is 2.91. The first-order valence-corrected chi connectivity index (χ1v) is 7.64. The molecule has 3 rings (SSSR count). The molecule has 1 aromatic carbocycles. The summed E-state index contributed by atoms with van der Waals surface area (Å²) in [5, 5.41) is 17.0. The molecule has 22 heavy (non-hydrogen) atoms. The number of aromatic nitrogens is 2. The van der Waals surface area contributed by atoms with Crippen molar-refractivity contribution in [1.82, 2.24) is 20.4 Å². The first-order chi connectivity index (χ1) is 10.7. The molecule has 0 spiro atoms. The van der Waals surface area contributed by atoms with Gasteiger partial charge < -0.3 is 14.9 Å². The highest BCUT2D eigenvalue weighted by Crippen LogP contribution is 2.23. The van der Waals surface area contributed by atoms with E-state index in [-0.39, 0.29) is 12.1 Å². The summed E-state index contributed by atoms with van der Waals surface area (Å²) in [6.07, 6.45) is 0.671. The second-order valence-electron chi connectivity index (χ2n) is 5.81. The van der Waals surface area contributed by atoms with Crippen molar-refractivity contribution in [2.45, 2.75) is 25.5 Å². The molecule has 2 aromatic rings. The summed E-state index contributed by atoms with van der Waals surface area (Å²) < 4.78 is 5.05. The van der Waals surface area contributed by atoms with E-state index in [1.165, 1.54) is 5.56 Å². The second kappa shape index (κ2) is 6.56. The molecule has 6 heteroatoms. The third-order valence-electron chi connectivity index (χ3n) is 4.11. The molecule has 2 atom stereocenters. The Morgan fingerprint density at radius 3 is 3.00 bits per heavy atom. The van der Waals surface area contributed by atoms with E-state index in [9.17, 15) is 5.11 Å². The fourth-order valence-electron chi connectivity index (χ4n) is 2.91. The molecule has 6 nitrogen and oxygen atoms in total. The highest BCUT2D eigenvalue weighted by atomic mass is 16.5. The van der Waals surface area contributed by atoms with E-state index in [1.54, 1.807) is 6.92 Å². The van der Waals surface area contributed by atoms with Gasteiger partial charge in [-0.1, -0.05) is 23.4 Å². The molecular formula is C16H22N4O2. The number of aliphatic hydroxyl groups excluding tert-OH is 1. The lowest BCUT2D eigenvalue weighted by atomic mass is 10.0. The van der Waals surface area contributed by atoms with Crippen molar-refractivity contribution >= 4 is 0 Å². The Bertz CT molecular complexity index is 628. The Morgan fingerprint density at radius 2 is 2.36 bits per heavy atom. The van der Waals surface area contributed by atoms with Gasteiger partial charge in [-0.3, -0.25) is 4.90 Å². The van der Waals surface area contributed by atoms with Crippen LogP contribution in [0.25, 0.3) is 11.4 Å². The molecule has 1 aromatic heterocycles. The van der Waals surface area contributed by atoms with Crippen molar-refractivity contribution in [2.24, 2.45) is 0 Å². The molecule has 0 bridgehead atoms. The third kappa shape index (κ3) is 3.35. The molecular weight excluding hydrogens is 280 g/mol. The normalized spacial score (nSPS) is 20.4. The van der Waals surface area contributed by atoms with Crippen LogP contribution in [0.15, 0.2) is 28.8 Å². The summed E-state index contributed by atoms with van der Waals surface area (Å²) in [6, 6.07) is 8.40. The van der Waals surface area contributed by atoms with Gasteiger partial charge in [0, 0.05) is 38.2 Å². The molecule has 0 radical (unpaired) electrons. The minimum absolute atomic E-state index is 0.189. The number of β-amino-alcohol motifs (C(OH)–C–C–N with tert-alkyl or cyclic N) is 1. The predicted molar refractivity (Wildman–Crippen MR) is 83.3 cm³/mol. The highest BCUT2D eigenvalue weighted by molar-refractivity contribution is 5.55. The lowest BCUT2D eigenvalue weighted by Gasteiger charge is -2.23. The summed E-state index contributed by atoms with van der Waals surface area (Å²) in [5.74, 6) is 1.18. The molecule has 2 N–H and O–H groups in total. The van der Waals surface area contributed by atoms with Crippen LogP contribution in [0.5, 0.6) is 0 Å². The number of likely N-dealkylation sites (tertiary alicyclic amines) is 1. The van der Waals surface area contributed by atoms with Gasteiger partial charge in [0.1, 0.15) is 0 Å². The first kappa shape index (κ1) is 15.1. The van der Waals surface area contributed by atoms with Gasteiger partial charge in [0.2, 0.25) is 11.7 Å². The lowest BCUT2D eigenvalue weighted by Crippen LogP contribution is -2.33. The van der Waals surface area contributed by atoms with E-state index in [2.05, 4.69) is 32.5 Å². The minimum Gasteiger partial charge on any atom is -0.392 e. The van der Waals surface area contributed by atoms with Gasteiger partial charge in [-0.15, -0.1) is 0 Å². The number of hydrogen-bond donors (Lipinski definition) is 2. The Labute approximate surface area is 130 Å². The summed E-state index contributed by atoms with van der Waals surface area (Å²) in [7, 11) is 1.96. The summed E-state index contributed by atoms with van der Waals surface area (Å²) in [5.41, 5.74) is 2.14. The second-order valence-corrected chi connectivity index (χ2v) is 5.81. The van der Waals surface area contributed by atoms with E-state index >= 15 is 0 Å². The van der Waals surface area contributed by atoms with E-state index in [1.807, 2.05) is 19.2 Å². The van der Waals surface area contributed by atoms with Gasteiger partial charge in [0.05, 0.1) is 6.10 Å². The Hall–Kier alpha value is -1.76. The monoisotopic (exact) mass is 302 g/mol. The Kier molecular flexibility index (Phi) is 4.52. The zero-order valence-electron chi connectivity index (χ0n) is 13.0. The molecule has 0 saturated carbocycles. The number of hydrogen-bond acceptors (Lipinski definition) is 6. The molecule has 0 aliphatic carbocycles. The van der Waals surface area contributed by atoms with Crippen LogP contribution in [0.3, 0.4) is 0 Å². The minimum atomic E-state index is -0.189. The molecule has 0 amide bonds. The average molecular weight is 302 g/mol. The smallest absolute Gasteiger partial charge is 0.223 e. The zero-order chi connectivity index (χ0) is 15.5. The first-order valence-electron chi connectivity index (χ1n) is 7.64. The van der Waals surface area contributed by atoms with Crippen LogP contribution in [-0.2, 0) is 0 Å². The average Bonchev–Trinajstić information content (AvgIpc) is 3.13. The molecule has 0 unspecified atom stereocenters. The van der Waals surface area contributed by atoms with Gasteiger partial charge in [-0.05, 0) is 25.1 Å². The quantitative estimate of drug-likeness (QED) is 0.869. The van der Waals surface area contributed by atoms with Crippen LogP contribution in [0.1, 0.15) is 23.9 Å². The summed E-state index contributed by atoms with van der Waals surface area (Å²) in [4.78, 5) is 6.57. The van der Waals surface area contributed by atoms with Crippen LogP contribution in [0.4, 0.5) is 0 Å². The van der Waals surface area contributed by atoms with E-state index < -0.39 is 0 Å². The topological polar surface area (TPSA) is 74.4 Å². The predicted octanol–water partition coefficient (Wildman–Crippen LogP) is 1.37. The van der Waals surface area contributed by atoms with Crippen LogP contribution in [0, 0.1) is 6.92 Å². The van der Waals surface area contributed by atoms with E-state index in [0.717, 1.165) is 31.6 Å². The third-order valence-corrected chi connectivity index (χ3v) is 4.11. The van der Waals surface area contributed by atoms with Crippen molar-refractivity contribution in [3.05, 3.63) is 35.7 Å². The SMILES string of the molecule is CN[C@@H](CN1CC[C@H](O)C1)c1cccc(-c2noc(C)n2)c1. The molecule has 1 fully saturated rings. The summed E-state index contributed by atoms with van der Waals surface area (Å²) >= 11 is 0. The number of nitrogens with one attached hydrogen (secondary N) is 1. The van der Waals surface area contributed by atoms with Gasteiger partial charge in [0.15, 0.2) is 0 Å². The van der Waals surface area contributed by atoms with Crippen molar-refractivity contribution in [3.8, 4) is 11.4 Å². The maximum absolute atomic E-state index is 9.66. The van der Waals surface area contributed by atoms with Gasteiger partial charge in [0.25, 0.3) is 0 Å². The van der Waals surface area contributed by atoms with Crippen LogP contribution >= 0.6 is 0 Å². The van der Waals surface area contributed by atoms with E-state index in [4.69, 9.17) is 4.52 Å². The van der Waals surface area contributed by atoms with Crippen molar-refractivity contribution < 1.29 is 9.63 Å². The number of rotatable bonds is 5. The van der Waals surface area contributed by atoms with Crippen molar-refractivity contribution in [1.29, 1.82) is 0 Å². The molecule has 1 aliphatic rings. The highest BCUT2D eigenvalue weighted by Gasteiger charge is 2.23. The molecule has 1 aliphatic heterocycles. The number of benzene rings is 1. The standard InChI is InChI=1S/C16H22N4O2/c1-11-18-16(19-22-11)13-5-3-4-12(8-13)15(17-2)10-20-7-6-14(21)9-20/h3-5,8,14-15,17,21H,6-7,9-10H2,1-2H3/t14-,15-/m0/s1. The van der Waals surface area contributed by atoms with Gasteiger partial charge in [-0.2, -0.15) is 4.98 Å². The Morgan fingerprint density at radius 1 is 1.50 bits per heavy atom. The molecule has 1 saturated heterocycles. The van der Waals surface area contributed by atoms with Crippen molar-refractivity contribution in [2.75, 3.05) is 26.7 Å². The molecule has 118 valence electrons. The number of likely N-dealkylation sites (N-methyl/N-ethyl adjacent to an activating group) is 1. The van der Waals surface area contributed by atoms with Crippen LogP contribution in [-0.4, -0.2) is 52.9 Å². The number of aliphatic hydroxyl groups is 1. The maximum Gasteiger partial charge on any atom is 0.223 e. The van der Waals surface area contributed by atoms with Crippen LogP contribution in [0.2, 0.25) is 0 Å². The number of aryl methyl sites for hydroxylation is 1. The maximum atomic E-state index is 9.66. The van der Waals surface area contributed by atoms with Crippen molar-refractivity contribution in [3.63, 3.8) is 0 Å². The zero-order valence-corrected chi connectivity index (χ0v) is 13.0. The number of nitrogens with zero attached hydrogens (tertiary/aromatic N) is 3. The van der Waals surface area contributed by atoms with E-state index in [0.29, 0.717) is 11.7 Å². The summed E-state index contributed by atoms with van der Waals surface area (Å²) in [6.45, 7) is 4.36. The van der Waals surface area contributed by atoms with Gasteiger partial charge >= 0.3 is 0 Å². The van der Waals surface area contributed by atoms with Crippen LogP contribution < -0.4 is 5.32 Å². The van der Waals surface area contributed by atoms with Gasteiger partial charge in [-0.25, -0.2) is 0 Å². The Balaban J connectivity index is 1.77. The molecule has 2 heterocycles. The largest absolute Gasteiger partial charge is 0.392 e. The fraction of sp³-hybridized carbons (Fsp3) is 0.500.